The molecule has 3 heteroatoms. The smallest absolute Gasteiger partial charge is 0.0749 e. The molecule has 3 nitrogen and oxygen atoms in total. The van der Waals surface area contributed by atoms with Gasteiger partial charge in [-0.15, -0.1) is 0 Å². The van der Waals surface area contributed by atoms with Gasteiger partial charge in [0.2, 0.25) is 0 Å². The summed E-state index contributed by atoms with van der Waals surface area (Å²) in [7, 11) is 0. The van der Waals surface area contributed by atoms with Crippen molar-refractivity contribution in [2.75, 3.05) is 4.90 Å². The van der Waals surface area contributed by atoms with Crippen molar-refractivity contribution in [3.8, 4) is 0 Å². The van der Waals surface area contributed by atoms with Gasteiger partial charge in [0.15, 0.2) is 0 Å². The number of allylic oxidation sites excluding steroid dienone is 8. The van der Waals surface area contributed by atoms with E-state index in [1.807, 2.05) is 18.3 Å². The summed E-state index contributed by atoms with van der Waals surface area (Å²) in [5, 5.41) is 7.85. The molecule has 2 aliphatic carbocycles. The molecular weight excluding hydrogens is 438 g/mol. The molecule has 0 bridgehead atoms. The maximum atomic E-state index is 7.85. The summed E-state index contributed by atoms with van der Waals surface area (Å²) in [5.41, 5.74) is 12.1. The average Bonchev–Trinajstić information content (AvgIpc) is 2.94. The fraction of sp³-hybridized carbons (Fsp3) is 0.212. The molecule has 1 N–H and O–H groups in total. The van der Waals surface area contributed by atoms with Crippen LogP contribution in [0.4, 0.5) is 11.4 Å². The van der Waals surface area contributed by atoms with Crippen LogP contribution in [0.25, 0.3) is 11.1 Å². The highest BCUT2D eigenvalue weighted by atomic mass is 15.2. The van der Waals surface area contributed by atoms with E-state index in [0.717, 1.165) is 36.9 Å². The zero-order valence-electron chi connectivity index (χ0n) is 21.0. The van der Waals surface area contributed by atoms with Crippen molar-refractivity contribution in [3.05, 3.63) is 125 Å². The van der Waals surface area contributed by atoms with Gasteiger partial charge in [-0.1, -0.05) is 68.5 Å². The fourth-order valence-electron chi connectivity index (χ4n) is 6.01. The minimum absolute atomic E-state index is 0.0341. The molecule has 3 aliphatic rings. The van der Waals surface area contributed by atoms with Crippen molar-refractivity contribution in [1.82, 2.24) is 4.98 Å². The number of nitrogens with one attached hydrogen (secondary N) is 1. The van der Waals surface area contributed by atoms with E-state index in [0.29, 0.717) is 0 Å². The first-order valence-corrected chi connectivity index (χ1v) is 12.9. The molecule has 1 aromatic heterocycles. The summed E-state index contributed by atoms with van der Waals surface area (Å²) in [5.74, 6) is 0. The molecule has 178 valence electrons. The summed E-state index contributed by atoms with van der Waals surface area (Å²) < 4.78 is 0. The first-order valence-electron chi connectivity index (χ1n) is 12.9. The lowest BCUT2D eigenvalue weighted by Crippen LogP contribution is -2.35. The van der Waals surface area contributed by atoms with Gasteiger partial charge in [-0.3, -0.25) is 4.98 Å². The summed E-state index contributed by atoms with van der Waals surface area (Å²) >= 11 is 0. The Labute approximate surface area is 213 Å². The summed E-state index contributed by atoms with van der Waals surface area (Å²) in [6, 6.07) is 21.6. The average molecular weight is 470 g/mol. The molecule has 0 saturated heterocycles. The lowest BCUT2D eigenvalue weighted by atomic mass is 9.71. The van der Waals surface area contributed by atoms with Crippen molar-refractivity contribution in [2.45, 2.75) is 44.9 Å². The summed E-state index contributed by atoms with van der Waals surface area (Å²) in [6.45, 7) is 4.71. The number of fused-ring (bicyclic) bond motifs is 1. The first-order chi connectivity index (χ1) is 17.6. The highest BCUT2D eigenvalue weighted by Gasteiger charge is 2.38. The molecule has 3 aromatic rings. The third-order valence-electron chi connectivity index (χ3n) is 7.77. The largest absolute Gasteiger partial charge is 0.313 e. The Bertz CT molecular complexity index is 1480. The number of pyridine rings is 1. The molecular formula is C33H31N3. The zero-order valence-corrected chi connectivity index (χ0v) is 21.0. The van der Waals surface area contributed by atoms with Gasteiger partial charge >= 0.3 is 0 Å². The lowest BCUT2D eigenvalue weighted by Gasteiger charge is -2.44. The normalized spacial score (nSPS) is 18.2. The number of hydrogen-bond acceptors (Lipinski definition) is 3. The Kier molecular flexibility index (Phi) is 5.56. The highest BCUT2D eigenvalue weighted by molar-refractivity contribution is 5.95. The first kappa shape index (κ1) is 22.5. The van der Waals surface area contributed by atoms with Gasteiger partial charge in [-0.05, 0) is 78.3 Å². The fourth-order valence-corrected chi connectivity index (χ4v) is 6.01. The third kappa shape index (κ3) is 3.58. The van der Waals surface area contributed by atoms with Gasteiger partial charge in [-0.2, -0.15) is 0 Å². The molecule has 0 fully saturated rings. The number of nitrogens with zero attached hydrogens (tertiary/aromatic N) is 2. The molecule has 0 unspecified atom stereocenters. The third-order valence-corrected chi connectivity index (χ3v) is 7.77. The van der Waals surface area contributed by atoms with E-state index >= 15 is 0 Å². The van der Waals surface area contributed by atoms with E-state index in [4.69, 9.17) is 5.41 Å². The molecule has 6 rings (SSSR count). The molecule has 0 amide bonds. The van der Waals surface area contributed by atoms with Crippen LogP contribution in [0, 0.1) is 5.41 Å². The quantitative estimate of drug-likeness (QED) is 0.390. The highest BCUT2D eigenvalue weighted by Crippen LogP contribution is 2.52. The van der Waals surface area contributed by atoms with Crippen molar-refractivity contribution in [3.63, 3.8) is 0 Å². The van der Waals surface area contributed by atoms with Gasteiger partial charge in [0.05, 0.1) is 11.4 Å². The van der Waals surface area contributed by atoms with Crippen LogP contribution in [-0.4, -0.2) is 11.2 Å². The van der Waals surface area contributed by atoms with E-state index in [-0.39, 0.29) is 5.41 Å². The minimum atomic E-state index is -0.0341. The molecule has 0 spiro atoms. The van der Waals surface area contributed by atoms with Crippen molar-refractivity contribution < 1.29 is 0 Å². The second-order valence-electron chi connectivity index (χ2n) is 10.2. The number of rotatable bonds is 4. The Hall–Kier alpha value is -3.98. The standard InChI is InChI=1S/C33H31N3/c1-33(2)27-15-4-7-18-30(27)36(31-19-8-5-16-28(31)33)29-17-6-3-14-26(29)23-11-9-12-24(21-23)32-25(22-34)13-10-20-35-32/h3-7,10-11,13-18,20-22,34H,8-9,12,19H2,1-2H3. The number of anilines is 2. The zero-order chi connectivity index (χ0) is 24.7. The minimum Gasteiger partial charge on any atom is -0.313 e. The van der Waals surface area contributed by atoms with E-state index < -0.39 is 0 Å². The van der Waals surface area contributed by atoms with Crippen LogP contribution < -0.4 is 4.90 Å². The molecule has 36 heavy (non-hydrogen) atoms. The Morgan fingerprint density at radius 1 is 0.917 bits per heavy atom. The Morgan fingerprint density at radius 2 is 1.72 bits per heavy atom. The van der Waals surface area contributed by atoms with E-state index in [9.17, 15) is 0 Å². The SMILES string of the molecule is CC1(C)C2=C(CCC=C2)N(c2ccccc2C2=CCCC(c3ncccc3C=N)=C2)c2ccccc21. The maximum Gasteiger partial charge on any atom is 0.0749 e. The van der Waals surface area contributed by atoms with Gasteiger partial charge in [0.25, 0.3) is 0 Å². The summed E-state index contributed by atoms with van der Waals surface area (Å²) in [4.78, 5) is 7.16. The van der Waals surface area contributed by atoms with Gasteiger partial charge in [-0.25, -0.2) is 0 Å². The molecule has 2 aromatic carbocycles. The molecule has 0 atom stereocenters. The Balaban J connectivity index is 1.52. The lowest BCUT2D eigenvalue weighted by molar-refractivity contribution is 0.603. The predicted octanol–water partition coefficient (Wildman–Crippen LogP) is 8.37. The van der Waals surface area contributed by atoms with E-state index in [1.165, 1.54) is 51.1 Å². The number of para-hydroxylation sites is 2. The van der Waals surface area contributed by atoms with Crippen LogP contribution in [0.3, 0.4) is 0 Å². The number of benzene rings is 2. The Morgan fingerprint density at radius 3 is 2.58 bits per heavy atom. The topological polar surface area (TPSA) is 40.0 Å². The second-order valence-corrected chi connectivity index (χ2v) is 10.2. The van der Waals surface area contributed by atoms with Crippen LogP contribution >= 0.6 is 0 Å². The summed E-state index contributed by atoms with van der Waals surface area (Å²) in [6.07, 6.45) is 16.5. The van der Waals surface area contributed by atoms with Crippen molar-refractivity contribution in [2.24, 2.45) is 0 Å². The second kappa shape index (κ2) is 8.91. The monoisotopic (exact) mass is 469 g/mol. The molecule has 1 aliphatic heterocycles. The number of aromatic nitrogens is 1. The predicted molar refractivity (Wildman–Crippen MR) is 151 cm³/mol. The number of hydrogen-bond donors (Lipinski definition) is 1. The van der Waals surface area contributed by atoms with Crippen LogP contribution in [-0.2, 0) is 5.41 Å². The van der Waals surface area contributed by atoms with Crippen LogP contribution in [0.2, 0.25) is 0 Å². The van der Waals surface area contributed by atoms with E-state index in [1.54, 1.807) is 0 Å². The van der Waals surface area contributed by atoms with Crippen molar-refractivity contribution >= 4 is 28.7 Å². The van der Waals surface area contributed by atoms with Crippen LogP contribution in [0.1, 0.15) is 61.9 Å². The van der Waals surface area contributed by atoms with Gasteiger partial charge in [0.1, 0.15) is 0 Å². The van der Waals surface area contributed by atoms with Gasteiger partial charge < -0.3 is 10.3 Å². The van der Waals surface area contributed by atoms with Crippen molar-refractivity contribution in [1.29, 1.82) is 5.41 Å². The van der Waals surface area contributed by atoms with Gasteiger partial charge in [0, 0.05) is 40.3 Å². The van der Waals surface area contributed by atoms with Crippen LogP contribution in [0.15, 0.2) is 102 Å². The molecule has 0 radical (unpaired) electrons. The van der Waals surface area contributed by atoms with E-state index in [2.05, 4.69) is 96.6 Å². The molecule has 0 saturated carbocycles. The molecule has 2 heterocycles. The van der Waals surface area contributed by atoms with Crippen LogP contribution in [0.5, 0.6) is 0 Å². The maximum absolute atomic E-state index is 7.85.